The highest BCUT2D eigenvalue weighted by molar-refractivity contribution is 5.43. The third kappa shape index (κ3) is 5.39. The van der Waals surface area contributed by atoms with Crippen LogP contribution in [0.15, 0.2) is 60.8 Å². The van der Waals surface area contributed by atoms with E-state index in [1.807, 2.05) is 36.4 Å². The lowest BCUT2D eigenvalue weighted by Gasteiger charge is -2.14. The molecule has 0 aliphatic rings. The van der Waals surface area contributed by atoms with Gasteiger partial charge in [0, 0.05) is 19.3 Å². The molecule has 0 aliphatic carbocycles. The molecule has 0 spiro atoms. The van der Waals surface area contributed by atoms with Crippen molar-refractivity contribution in [3.8, 4) is 5.75 Å². The summed E-state index contributed by atoms with van der Waals surface area (Å²) in [5, 5.41) is 12.7. The summed E-state index contributed by atoms with van der Waals surface area (Å²) in [6.07, 6.45) is 1.78. The summed E-state index contributed by atoms with van der Waals surface area (Å²) in [6, 6.07) is 18.2. The van der Waals surface area contributed by atoms with Gasteiger partial charge in [0.15, 0.2) is 0 Å². The van der Waals surface area contributed by atoms with Crippen LogP contribution in [0.5, 0.6) is 5.75 Å². The topological polar surface area (TPSA) is 54.4 Å². The summed E-state index contributed by atoms with van der Waals surface area (Å²) >= 11 is 0. The molecule has 140 valence electrons. The number of aryl methyl sites for hydroxylation is 2. The molecule has 0 radical (unpaired) electrons. The summed E-state index contributed by atoms with van der Waals surface area (Å²) in [4.78, 5) is 4.30. The molecule has 4 nitrogen and oxygen atoms in total. The highest BCUT2D eigenvalue weighted by Crippen LogP contribution is 2.25. The third-order valence-electron chi connectivity index (χ3n) is 4.44. The second kappa shape index (κ2) is 9.31. The van der Waals surface area contributed by atoms with E-state index in [9.17, 15) is 5.11 Å². The van der Waals surface area contributed by atoms with E-state index in [-0.39, 0.29) is 6.61 Å². The maximum absolute atomic E-state index is 9.23. The minimum absolute atomic E-state index is 0.0756. The summed E-state index contributed by atoms with van der Waals surface area (Å²) in [5.41, 5.74) is 6.52. The molecule has 0 aliphatic heterocycles. The predicted octanol–water partition coefficient (Wildman–Crippen LogP) is 4.06. The van der Waals surface area contributed by atoms with Crippen LogP contribution in [0, 0.1) is 13.8 Å². The van der Waals surface area contributed by atoms with E-state index in [0.717, 1.165) is 41.2 Å². The Hall–Kier alpha value is -2.69. The monoisotopic (exact) mass is 362 g/mol. The van der Waals surface area contributed by atoms with Gasteiger partial charge in [0.2, 0.25) is 0 Å². The fourth-order valence-electron chi connectivity index (χ4n) is 3.19. The van der Waals surface area contributed by atoms with Crippen molar-refractivity contribution in [2.75, 3.05) is 0 Å². The predicted molar refractivity (Wildman–Crippen MR) is 107 cm³/mol. The van der Waals surface area contributed by atoms with Gasteiger partial charge in [-0.25, -0.2) is 0 Å². The standard InChI is InChI=1S/C23H26N2O2/c1-17-10-21(14-24-13-19-6-5-7-20(12-19)15-26)11-18(2)23(17)27-16-22-8-3-4-9-25-22/h3-12,24,26H,13-16H2,1-2H3. The molecule has 0 saturated carbocycles. The van der Waals surface area contributed by atoms with Gasteiger partial charge in [-0.2, -0.15) is 0 Å². The number of nitrogens with zero attached hydrogens (tertiary/aromatic N) is 1. The zero-order chi connectivity index (χ0) is 19.1. The zero-order valence-electron chi connectivity index (χ0n) is 15.9. The Balaban J connectivity index is 1.58. The fraction of sp³-hybridized carbons (Fsp3) is 0.261. The molecular formula is C23H26N2O2. The van der Waals surface area contributed by atoms with Crippen LogP contribution < -0.4 is 10.1 Å². The molecule has 2 aromatic carbocycles. The Morgan fingerprint density at radius 1 is 0.889 bits per heavy atom. The van der Waals surface area contributed by atoms with Gasteiger partial charge in [-0.1, -0.05) is 42.5 Å². The Bertz CT molecular complexity index is 856. The Morgan fingerprint density at radius 3 is 2.33 bits per heavy atom. The van der Waals surface area contributed by atoms with E-state index in [0.29, 0.717) is 6.61 Å². The second-order valence-electron chi connectivity index (χ2n) is 6.75. The van der Waals surface area contributed by atoms with Crippen molar-refractivity contribution in [1.29, 1.82) is 0 Å². The number of aromatic nitrogens is 1. The molecule has 0 amide bonds. The fourth-order valence-corrected chi connectivity index (χ4v) is 3.19. The van der Waals surface area contributed by atoms with E-state index in [2.05, 4.69) is 42.3 Å². The van der Waals surface area contributed by atoms with Crippen LogP contribution in [0.25, 0.3) is 0 Å². The largest absolute Gasteiger partial charge is 0.487 e. The molecule has 1 heterocycles. The molecule has 1 aromatic heterocycles. The summed E-state index contributed by atoms with van der Waals surface area (Å²) in [6.45, 7) is 6.26. The average Bonchev–Trinajstić information content (AvgIpc) is 2.68. The molecule has 3 rings (SSSR count). The first kappa shape index (κ1) is 19.1. The van der Waals surface area contributed by atoms with Crippen LogP contribution in [0.1, 0.15) is 33.5 Å². The molecule has 2 N–H and O–H groups in total. The lowest BCUT2D eigenvalue weighted by molar-refractivity contribution is 0.281. The third-order valence-corrected chi connectivity index (χ3v) is 4.44. The van der Waals surface area contributed by atoms with Crippen LogP contribution >= 0.6 is 0 Å². The van der Waals surface area contributed by atoms with Crippen molar-refractivity contribution in [3.05, 3.63) is 94.3 Å². The van der Waals surface area contributed by atoms with Gasteiger partial charge < -0.3 is 15.2 Å². The van der Waals surface area contributed by atoms with E-state index in [1.165, 1.54) is 11.1 Å². The molecular weight excluding hydrogens is 336 g/mol. The van der Waals surface area contributed by atoms with Gasteiger partial charge in [0.05, 0.1) is 12.3 Å². The Labute approximate surface area is 160 Å². The quantitative estimate of drug-likeness (QED) is 0.634. The molecule has 0 saturated heterocycles. The average molecular weight is 362 g/mol. The van der Waals surface area contributed by atoms with E-state index in [1.54, 1.807) is 6.20 Å². The normalized spacial score (nSPS) is 10.8. The Kier molecular flexibility index (Phi) is 6.58. The van der Waals surface area contributed by atoms with Crippen molar-refractivity contribution in [1.82, 2.24) is 10.3 Å². The van der Waals surface area contributed by atoms with Crippen molar-refractivity contribution >= 4 is 0 Å². The molecule has 0 unspecified atom stereocenters. The number of benzene rings is 2. The number of aliphatic hydroxyl groups is 1. The van der Waals surface area contributed by atoms with Crippen molar-refractivity contribution in [2.45, 2.75) is 40.2 Å². The zero-order valence-corrected chi connectivity index (χ0v) is 15.9. The molecule has 0 fully saturated rings. The van der Waals surface area contributed by atoms with E-state index in [4.69, 9.17) is 4.74 Å². The molecule has 0 atom stereocenters. The van der Waals surface area contributed by atoms with Gasteiger partial charge >= 0.3 is 0 Å². The number of aliphatic hydroxyl groups excluding tert-OH is 1. The van der Waals surface area contributed by atoms with Crippen LogP contribution in [-0.2, 0) is 26.3 Å². The second-order valence-corrected chi connectivity index (χ2v) is 6.75. The summed E-state index contributed by atoms with van der Waals surface area (Å²) in [5.74, 6) is 0.931. The number of pyridine rings is 1. The Morgan fingerprint density at radius 2 is 1.63 bits per heavy atom. The van der Waals surface area contributed by atoms with Gasteiger partial charge in [-0.05, 0) is 53.8 Å². The highest BCUT2D eigenvalue weighted by atomic mass is 16.5. The minimum atomic E-state index is 0.0756. The first-order valence-corrected chi connectivity index (χ1v) is 9.18. The lowest BCUT2D eigenvalue weighted by atomic mass is 10.1. The van der Waals surface area contributed by atoms with Gasteiger partial charge in [-0.15, -0.1) is 0 Å². The van der Waals surface area contributed by atoms with Crippen LogP contribution in [0.4, 0.5) is 0 Å². The molecule has 4 heteroatoms. The number of rotatable bonds is 8. The SMILES string of the molecule is Cc1cc(CNCc2cccc(CO)c2)cc(C)c1OCc1ccccn1. The number of hydrogen-bond acceptors (Lipinski definition) is 4. The van der Waals surface area contributed by atoms with Crippen LogP contribution in [0.3, 0.4) is 0 Å². The molecule has 27 heavy (non-hydrogen) atoms. The van der Waals surface area contributed by atoms with Crippen LogP contribution in [-0.4, -0.2) is 10.1 Å². The molecule has 0 bridgehead atoms. The van der Waals surface area contributed by atoms with Crippen molar-refractivity contribution < 1.29 is 9.84 Å². The summed E-state index contributed by atoms with van der Waals surface area (Å²) < 4.78 is 6.00. The van der Waals surface area contributed by atoms with Gasteiger partial charge in [0.1, 0.15) is 12.4 Å². The van der Waals surface area contributed by atoms with E-state index >= 15 is 0 Å². The van der Waals surface area contributed by atoms with E-state index < -0.39 is 0 Å². The number of ether oxygens (including phenoxy) is 1. The van der Waals surface area contributed by atoms with Gasteiger partial charge in [0.25, 0.3) is 0 Å². The maximum Gasteiger partial charge on any atom is 0.130 e. The molecule has 3 aromatic rings. The smallest absolute Gasteiger partial charge is 0.130 e. The first-order valence-electron chi connectivity index (χ1n) is 9.18. The van der Waals surface area contributed by atoms with Crippen molar-refractivity contribution in [3.63, 3.8) is 0 Å². The number of nitrogens with one attached hydrogen (secondary N) is 1. The number of hydrogen-bond donors (Lipinski definition) is 2. The minimum Gasteiger partial charge on any atom is -0.487 e. The van der Waals surface area contributed by atoms with Gasteiger partial charge in [-0.3, -0.25) is 4.98 Å². The highest BCUT2D eigenvalue weighted by Gasteiger charge is 2.07. The maximum atomic E-state index is 9.23. The van der Waals surface area contributed by atoms with Crippen LogP contribution in [0.2, 0.25) is 0 Å². The first-order chi connectivity index (χ1) is 13.2. The summed E-state index contributed by atoms with van der Waals surface area (Å²) in [7, 11) is 0. The van der Waals surface area contributed by atoms with Crippen molar-refractivity contribution in [2.24, 2.45) is 0 Å². The lowest BCUT2D eigenvalue weighted by Crippen LogP contribution is -2.13.